The predicted octanol–water partition coefficient (Wildman–Crippen LogP) is 4.86. The molecule has 21 heavy (non-hydrogen) atoms. The van der Waals surface area contributed by atoms with Gasteiger partial charge in [-0.3, -0.25) is 0 Å². The SMILES string of the molecule is CC(C)CC1(CNCc2c[nH]c3ccccc23)CCCC1. The molecule has 0 saturated heterocycles. The maximum absolute atomic E-state index is 3.75. The van der Waals surface area contributed by atoms with Crippen LogP contribution in [0.4, 0.5) is 0 Å². The highest BCUT2D eigenvalue weighted by Crippen LogP contribution is 2.42. The summed E-state index contributed by atoms with van der Waals surface area (Å²) in [5, 5.41) is 5.10. The molecule has 1 saturated carbocycles. The summed E-state index contributed by atoms with van der Waals surface area (Å²) >= 11 is 0. The van der Waals surface area contributed by atoms with Crippen molar-refractivity contribution in [3.05, 3.63) is 36.0 Å². The van der Waals surface area contributed by atoms with Crippen LogP contribution in [-0.2, 0) is 6.54 Å². The van der Waals surface area contributed by atoms with E-state index in [0.717, 1.165) is 12.5 Å². The molecule has 0 atom stereocenters. The lowest BCUT2D eigenvalue weighted by Crippen LogP contribution is -2.33. The highest BCUT2D eigenvalue weighted by atomic mass is 14.9. The summed E-state index contributed by atoms with van der Waals surface area (Å²) in [6, 6.07) is 8.57. The van der Waals surface area contributed by atoms with Crippen molar-refractivity contribution >= 4 is 10.9 Å². The number of fused-ring (bicyclic) bond motifs is 1. The number of aromatic nitrogens is 1. The Kier molecular flexibility index (Phi) is 4.34. The van der Waals surface area contributed by atoms with Gasteiger partial charge in [0.15, 0.2) is 0 Å². The molecule has 1 aromatic heterocycles. The third-order valence-corrected chi connectivity index (χ3v) is 5.00. The summed E-state index contributed by atoms with van der Waals surface area (Å²) in [4.78, 5) is 3.37. The van der Waals surface area contributed by atoms with E-state index in [1.54, 1.807) is 0 Å². The molecule has 2 heteroatoms. The Bertz CT molecular complexity index is 576. The smallest absolute Gasteiger partial charge is 0.0457 e. The minimum absolute atomic E-state index is 0.556. The second-order valence-electron chi connectivity index (χ2n) is 7.27. The molecule has 0 spiro atoms. The number of hydrogen-bond donors (Lipinski definition) is 2. The summed E-state index contributed by atoms with van der Waals surface area (Å²) < 4.78 is 0. The van der Waals surface area contributed by atoms with E-state index in [1.807, 2.05) is 0 Å². The summed E-state index contributed by atoms with van der Waals surface area (Å²) in [6.45, 7) is 6.87. The largest absolute Gasteiger partial charge is 0.361 e. The molecule has 1 fully saturated rings. The molecule has 2 aromatic rings. The first kappa shape index (κ1) is 14.6. The molecule has 0 amide bonds. The molecule has 3 rings (SSSR count). The first-order chi connectivity index (χ1) is 10.2. The van der Waals surface area contributed by atoms with Gasteiger partial charge in [-0.1, -0.05) is 44.9 Å². The van der Waals surface area contributed by atoms with E-state index in [1.165, 1.54) is 55.1 Å². The first-order valence-electron chi connectivity index (χ1n) is 8.44. The molecule has 1 aliphatic carbocycles. The Balaban J connectivity index is 1.62. The van der Waals surface area contributed by atoms with Crippen LogP contribution < -0.4 is 5.32 Å². The average molecular weight is 284 g/mol. The van der Waals surface area contributed by atoms with E-state index in [-0.39, 0.29) is 0 Å². The molecular weight excluding hydrogens is 256 g/mol. The average Bonchev–Trinajstić information content (AvgIpc) is 3.06. The van der Waals surface area contributed by atoms with Gasteiger partial charge in [-0.15, -0.1) is 0 Å². The van der Waals surface area contributed by atoms with Gasteiger partial charge >= 0.3 is 0 Å². The van der Waals surface area contributed by atoms with Gasteiger partial charge in [0.05, 0.1) is 0 Å². The first-order valence-corrected chi connectivity index (χ1v) is 8.44. The molecule has 2 N–H and O–H groups in total. The normalized spacial score (nSPS) is 17.9. The van der Waals surface area contributed by atoms with Crippen molar-refractivity contribution in [2.75, 3.05) is 6.54 Å². The Labute approximate surface area is 128 Å². The van der Waals surface area contributed by atoms with E-state index >= 15 is 0 Å². The van der Waals surface area contributed by atoms with Gasteiger partial charge < -0.3 is 10.3 Å². The molecule has 1 aliphatic rings. The lowest BCUT2D eigenvalue weighted by Gasteiger charge is -2.31. The summed E-state index contributed by atoms with van der Waals surface area (Å²) in [6.07, 6.45) is 9.18. The predicted molar refractivity (Wildman–Crippen MR) is 90.4 cm³/mol. The number of para-hydroxylation sites is 1. The number of hydrogen-bond acceptors (Lipinski definition) is 1. The second kappa shape index (κ2) is 6.23. The van der Waals surface area contributed by atoms with E-state index in [0.29, 0.717) is 5.41 Å². The van der Waals surface area contributed by atoms with Crippen LogP contribution in [0.25, 0.3) is 10.9 Å². The van der Waals surface area contributed by atoms with Crippen LogP contribution in [-0.4, -0.2) is 11.5 Å². The maximum atomic E-state index is 3.75. The molecule has 1 heterocycles. The van der Waals surface area contributed by atoms with Gasteiger partial charge in [0.25, 0.3) is 0 Å². The molecule has 0 radical (unpaired) electrons. The van der Waals surface area contributed by atoms with Gasteiger partial charge in [0.2, 0.25) is 0 Å². The zero-order valence-corrected chi connectivity index (χ0v) is 13.4. The van der Waals surface area contributed by atoms with Crippen molar-refractivity contribution in [2.24, 2.45) is 11.3 Å². The van der Waals surface area contributed by atoms with Crippen LogP contribution in [0.15, 0.2) is 30.5 Å². The van der Waals surface area contributed by atoms with Crippen LogP contribution >= 0.6 is 0 Å². The Morgan fingerprint density at radius 2 is 1.95 bits per heavy atom. The van der Waals surface area contributed by atoms with Gasteiger partial charge in [0.1, 0.15) is 0 Å². The quantitative estimate of drug-likeness (QED) is 0.778. The minimum atomic E-state index is 0.556. The van der Waals surface area contributed by atoms with E-state index in [9.17, 15) is 0 Å². The van der Waals surface area contributed by atoms with Crippen molar-refractivity contribution in [1.29, 1.82) is 0 Å². The number of benzene rings is 1. The van der Waals surface area contributed by atoms with Crippen molar-refractivity contribution < 1.29 is 0 Å². The summed E-state index contributed by atoms with van der Waals surface area (Å²) in [5.74, 6) is 0.804. The topological polar surface area (TPSA) is 27.8 Å². The van der Waals surface area contributed by atoms with Crippen LogP contribution in [0.5, 0.6) is 0 Å². The van der Waals surface area contributed by atoms with Gasteiger partial charge in [-0.05, 0) is 42.2 Å². The lowest BCUT2D eigenvalue weighted by atomic mass is 9.78. The van der Waals surface area contributed by atoms with Crippen LogP contribution in [0.2, 0.25) is 0 Å². The van der Waals surface area contributed by atoms with Crippen molar-refractivity contribution in [3.63, 3.8) is 0 Å². The van der Waals surface area contributed by atoms with Gasteiger partial charge in [-0.2, -0.15) is 0 Å². The van der Waals surface area contributed by atoms with Crippen molar-refractivity contribution in [1.82, 2.24) is 10.3 Å². The highest BCUT2D eigenvalue weighted by Gasteiger charge is 2.33. The molecule has 0 unspecified atom stereocenters. The molecule has 0 bridgehead atoms. The molecule has 1 aromatic carbocycles. The zero-order valence-electron chi connectivity index (χ0n) is 13.4. The summed E-state index contributed by atoms with van der Waals surface area (Å²) in [5.41, 5.74) is 3.19. The summed E-state index contributed by atoms with van der Waals surface area (Å²) in [7, 11) is 0. The number of rotatable bonds is 6. The number of H-pyrrole nitrogens is 1. The highest BCUT2D eigenvalue weighted by molar-refractivity contribution is 5.82. The van der Waals surface area contributed by atoms with Gasteiger partial charge in [-0.25, -0.2) is 0 Å². The van der Waals surface area contributed by atoms with E-state index < -0.39 is 0 Å². The van der Waals surface area contributed by atoms with E-state index in [4.69, 9.17) is 0 Å². The third kappa shape index (κ3) is 3.32. The fraction of sp³-hybridized carbons (Fsp3) is 0.579. The standard InChI is InChI=1S/C19H28N2/c1-15(2)11-19(9-5-6-10-19)14-20-12-16-13-21-18-8-4-3-7-17(16)18/h3-4,7-8,13,15,20-21H,5-6,9-12,14H2,1-2H3. The van der Waals surface area contributed by atoms with E-state index in [2.05, 4.69) is 54.6 Å². The third-order valence-electron chi connectivity index (χ3n) is 5.00. The minimum Gasteiger partial charge on any atom is -0.361 e. The maximum Gasteiger partial charge on any atom is 0.0457 e. The Hall–Kier alpha value is -1.28. The molecular formula is C19H28N2. The number of nitrogens with one attached hydrogen (secondary N) is 2. The molecule has 2 nitrogen and oxygen atoms in total. The second-order valence-corrected chi connectivity index (χ2v) is 7.27. The fourth-order valence-corrected chi connectivity index (χ4v) is 4.18. The van der Waals surface area contributed by atoms with Crippen LogP contribution in [0.3, 0.4) is 0 Å². The lowest BCUT2D eigenvalue weighted by molar-refractivity contribution is 0.223. The Morgan fingerprint density at radius 3 is 2.71 bits per heavy atom. The molecule has 114 valence electrons. The fourth-order valence-electron chi connectivity index (χ4n) is 4.18. The van der Waals surface area contributed by atoms with Crippen LogP contribution in [0, 0.1) is 11.3 Å². The van der Waals surface area contributed by atoms with Crippen molar-refractivity contribution in [3.8, 4) is 0 Å². The zero-order chi connectivity index (χ0) is 14.7. The van der Waals surface area contributed by atoms with Crippen molar-refractivity contribution in [2.45, 2.75) is 52.5 Å². The molecule has 0 aliphatic heterocycles. The van der Waals surface area contributed by atoms with Crippen LogP contribution in [0.1, 0.15) is 51.5 Å². The number of aromatic amines is 1. The Morgan fingerprint density at radius 1 is 1.19 bits per heavy atom. The monoisotopic (exact) mass is 284 g/mol. The van der Waals surface area contributed by atoms with Gasteiger partial charge in [0, 0.05) is 30.2 Å².